The summed E-state index contributed by atoms with van der Waals surface area (Å²) in [5.41, 5.74) is -0.163. The van der Waals surface area contributed by atoms with Crippen LogP contribution in [0.25, 0.3) is 0 Å². The van der Waals surface area contributed by atoms with Crippen molar-refractivity contribution in [3.05, 3.63) is 24.3 Å². The van der Waals surface area contributed by atoms with E-state index in [9.17, 15) is 23.4 Å². The van der Waals surface area contributed by atoms with Gasteiger partial charge in [0.25, 0.3) is 10.0 Å². The molecular weight excluding hydrogens is 571 g/mol. The van der Waals surface area contributed by atoms with Crippen LogP contribution >= 0.6 is 0 Å². The summed E-state index contributed by atoms with van der Waals surface area (Å²) in [5.74, 6) is 1.55. The van der Waals surface area contributed by atoms with Gasteiger partial charge in [0.1, 0.15) is 11.9 Å². The van der Waals surface area contributed by atoms with E-state index in [1.165, 1.54) is 31.4 Å². The molecular formula is C33H51FN2O6S. The van der Waals surface area contributed by atoms with Gasteiger partial charge in [0.15, 0.2) is 0 Å². The fraction of sp³-hybridized carbons (Fsp3) is 0.788. The Bertz CT molecular complexity index is 1260. The van der Waals surface area contributed by atoms with Gasteiger partial charge in [-0.15, -0.1) is 0 Å². The summed E-state index contributed by atoms with van der Waals surface area (Å²) >= 11 is 0. The van der Waals surface area contributed by atoms with Gasteiger partial charge in [-0.25, -0.2) is 22.3 Å². The minimum Gasteiger partial charge on any atom is -0.497 e. The molecule has 1 aromatic carbocycles. The molecule has 0 spiro atoms. The predicted molar refractivity (Wildman–Crippen MR) is 163 cm³/mol. The molecule has 8 nitrogen and oxygen atoms in total. The first-order valence-corrected chi connectivity index (χ1v) is 17.7. The van der Waals surface area contributed by atoms with E-state index >= 15 is 4.39 Å². The van der Waals surface area contributed by atoms with Crippen molar-refractivity contribution in [1.29, 1.82) is 0 Å². The molecule has 43 heavy (non-hydrogen) atoms. The van der Waals surface area contributed by atoms with Crippen molar-refractivity contribution >= 4 is 16.1 Å². The Morgan fingerprint density at radius 2 is 1.72 bits per heavy atom. The molecule has 0 bridgehead atoms. The number of alkyl halides is 1. The summed E-state index contributed by atoms with van der Waals surface area (Å²) in [7, 11) is -2.50. The van der Waals surface area contributed by atoms with Crippen LogP contribution in [0.15, 0.2) is 29.2 Å². The fourth-order valence-corrected chi connectivity index (χ4v) is 11.5. The Hall–Kier alpha value is -1.91. The molecule has 0 aliphatic heterocycles. The molecule has 0 heterocycles. The number of carbonyl (C=O) groups is 1. The maximum Gasteiger partial charge on any atom is 0.328 e. The normalized spacial score (nSPS) is 41.3. The summed E-state index contributed by atoms with van der Waals surface area (Å²) in [4.78, 5) is 12.5. The van der Waals surface area contributed by atoms with Gasteiger partial charge in [-0.05, 0) is 116 Å². The molecule has 4 N–H and O–H groups in total. The zero-order chi connectivity index (χ0) is 31.3. The van der Waals surface area contributed by atoms with Crippen molar-refractivity contribution in [1.82, 2.24) is 10.0 Å². The van der Waals surface area contributed by atoms with Crippen LogP contribution in [-0.4, -0.2) is 56.7 Å². The lowest BCUT2D eigenvalue weighted by Gasteiger charge is -2.65. The Balaban J connectivity index is 1.22. The molecule has 0 radical (unpaired) electrons. The number of rotatable bonds is 8. The average molecular weight is 623 g/mol. The Morgan fingerprint density at radius 3 is 2.37 bits per heavy atom. The highest BCUT2D eigenvalue weighted by Gasteiger charge is 2.66. The summed E-state index contributed by atoms with van der Waals surface area (Å²) < 4.78 is 48.0. The average Bonchev–Trinajstić information content (AvgIpc) is 3.33. The third-order valence-electron chi connectivity index (χ3n) is 12.6. The number of hydrogen-bond donors (Lipinski definition) is 4. The van der Waals surface area contributed by atoms with E-state index in [1.54, 1.807) is 0 Å². The van der Waals surface area contributed by atoms with E-state index in [-0.39, 0.29) is 39.4 Å². The van der Waals surface area contributed by atoms with Crippen molar-refractivity contribution in [3.8, 4) is 5.75 Å². The van der Waals surface area contributed by atoms with Crippen LogP contribution in [0.5, 0.6) is 5.75 Å². The predicted octanol–water partition coefficient (Wildman–Crippen LogP) is 5.28. The van der Waals surface area contributed by atoms with Crippen molar-refractivity contribution in [2.45, 2.75) is 102 Å². The molecule has 1 aromatic rings. The van der Waals surface area contributed by atoms with Gasteiger partial charge >= 0.3 is 6.03 Å². The summed E-state index contributed by atoms with van der Waals surface area (Å²) in [6, 6.07) is 5.09. The molecule has 4 aliphatic carbocycles. The molecule has 4 saturated carbocycles. The largest absolute Gasteiger partial charge is 0.497 e. The first-order valence-electron chi connectivity index (χ1n) is 16.2. The molecule has 0 saturated heterocycles. The van der Waals surface area contributed by atoms with Crippen LogP contribution in [0.1, 0.15) is 79.1 Å². The number of methoxy groups -OCH3 is 1. The highest BCUT2D eigenvalue weighted by molar-refractivity contribution is 7.90. The van der Waals surface area contributed by atoms with Gasteiger partial charge in [-0.3, -0.25) is 0 Å². The summed E-state index contributed by atoms with van der Waals surface area (Å²) in [6.07, 6.45) is 4.06. The van der Waals surface area contributed by atoms with E-state index in [0.29, 0.717) is 42.9 Å². The van der Waals surface area contributed by atoms with E-state index < -0.39 is 34.4 Å². The van der Waals surface area contributed by atoms with Gasteiger partial charge < -0.3 is 20.3 Å². The van der Waals surface area contributed by atoms with Crippen molar-refractivity contribution in [3.63, 3.8) is 0 Å². The minimum atomic E-state index is -4.00. The highest BCUT2D eigenvalue weighted by atomic mass is 32.2. The molecule has 4 aliphatic rings. The van der Waals surface area contributed by atoms with Crippen LogP contribution in [0.4, 0.5) is 9.18 Å². The van der Waals surface area contributed by atoms with E-state index in [1.807, 2.05) is 0 Å². The van der Waals surface area contributed by atoms with Crippen LogP contribution in [0.2, 0.25) is 0 Å². The fourth-order valence-electron chi connectivity index (χ4n) is 10.5. The van der Waals surface area contributed by atoms with Gasteiger partial charge in [0.2, 0.25) is 0 Å². The summed E-state index contributed by atoms with van der Waals surface area (Å²) in [6.45, 7) is 9.25. The van der Waals surface area contributed by atoms with Crippen LogP contribution in [0.3, 0.4) is 0 Å². The molecule has 0 aromatic heterocycles. The lowest BCUT2D eigenvalue weighted by molar-refractivity contribution is -0.222. The Kier molecular flexibility index (Phi) is 9.16. The molecule has 10 heteroatoms. The first kappa shape index (κ1) is 32.5. The van der Waals surface area contributed by atoms with Crippen LogP contribution in [0, 0.1) is 52.3 Å². The van der Waals surface area contributed by atoms with Gasteiger partial charge in [-0.2, -0.15) is 0 Å². The standard InChI is InChI=1S/C33H51FN2O6S/c1-6-22-28-29(34)26(37)14-17-33(28,4)25-13-16-32(3)23(11-12-24(32)27(25)30(22)38)19(2)15-18-35-31(39)36-43(40,41)21-9-7-20(42-5)8-10-21/h7-10,19,22-30,37-38H,6,11-18H2,1-5H3,(H2,35,36,39)/t19-,22-,23?,24?,25?,26-,27?,28-,29+,30?,32-,33-/m1/s1. The number of ether oxygens (including phenoxy) is 1. The first-order chi connectivity index (χ1) is 20.3. The lowest BCUT2D eigenvalue weighted by atomic mass is 9.41. The SMILES string of the molecule is CC[C@H]1C(O)C2C3CCC([C@H](C)CCNC(=O)NS(=O)(=O)c4ccc(OC)cc4)[C@@]3(C)CCC2[C@@]2(C)CC[C@@H](O)[C@H](F)[C@@H]12. The van der Waals surface area contributed by atoms with E-state index in [0.717, 1.165) is 38.5 Å². The van der Waals surface area contributed by atoms with Crippen LogP contribution in [-0.2, 0) is 10.0 Å². The topological polar surface area (TPSA) is 125 Å². The quantitative estimate of drug-likeness (QED) is 0.313. The van der Waals surface area contributed by atoms with E-state index in [4.69, 9.17) is 4.74 Å². The van der Waals surface area contributed by atoms with Gasteiger partial charge in [0.05, 0.1) is 24.2 Å². The molecule has 242 valence electrons. The van der Waals surface area contributed by atoms with Crippen LogP contribution < -0.4 is 14.8 Å². The Labute approximate surface area is 256 Å². The summed E-state index contributed by atoms with van der Waals surface area (Å²) in [5, 5.41) is 25.0. The molecule has 2 amide bonds. The third kappa shape index (κ3) is 5.58. The smallest absolute Gasteiger partial charge is 0.328 e. The number of fused-ring (bicyclic) bond motifs is 5. The van der Waals surface area contributed by atoms with E-state index in [2.05, 4.69) is 37.7 Å². The number of halogens is 1. The van der Waals surface area contributed by atoms with Gasteiger partial charge in [-0.1, -0.05) is 34.1 Å². The third-order valence-corrected chi connectivity index (χ3v) is 14.0. The van der Waals surface area contributed by atoms with Crippen molar-refractivity contribution in [2.75, 3.05) is 13.7 Å². The molecule has 5 unspecified atom stereocenters. The second kappa shape index (κ2) is 12.1. The molecule has 12 atom stereocenters. The number of urea groups is 1. The maximum absolute atomic E-state index is 15.6. The molecule has 5 rings (SSSR count). The number of sulfonamides is 1. The highest BCUT2D eigenvalue weighted by Crippen LogP contribution is 2.69. The monoisotopic (exact) mass is 622 g/mol. The van der Waals surface area contributed by atoms with Gasteiger partial charge in [0, 0.05) is 12.5 Å². The maximum atomic E-state index is 15.6. The molecule has 4 fully saturated rings. The number of hydrogen-bond acceptors (Lipinski definition) is 6. The lowest BCUT2D eigenvalue weighted by Crippen LogP contribution is -2.65. The number of aliphatic hydroxyl groups is 2. The number of carbonyl (C=O) groups excluding carboxylic acids is 1. The zero-order valence-corrected chi connectivity index (χ0v) is 27.1. The number of nitrogens with one attached hydrogen (secondary N) is 2. The van der Waals surface area contributed by atoms with Crippen molar-refractivity contribution in [2.24, 2.45) is 52.3 Å². The number of amides is 2. The van der Waals surface area contributed by atoms with Crippen molar-refractivity contribution < 1.29 is 32.6 Å². The number of aliphatic hydroxyl groups excluding tert-OH is 2. The number of benzene rings is 1. The second-order valence-electron chi connectivity index (χ2n) is 14.5. The second-order valence-corrected chi connectivity index (χ2v) is 16.1. The minimum absolute atomic E-state index is 0.0147. The Morgan fingerprint density at radius 1 is 1.07 bits per heavy atom. The zero-order valence-electron chi connectivity index (χ0n) is 26.3.